The van der Waals surface area contributed by atoms with E-state index in [1.165, 1.54) is 63.7 Å². The second-order valence-electron chi connectivity index (χ2n) is 6.74. The van der Waals surface area contributed by atoms with E-state index < -0.39 is 0 Å². The molecule has 1 aliphatic heterocycles. The van der Waals surface area contributed by atoms with Gasteiger partial charge in [0.15, 0.2) is 0 Å². The second kappa shape index (κ2) is 7.31. The Labute approximate surface area is 129 Å². The van der Waals surface area contributed by atoms with Crippen LogP contribution in [-0.2, 0) is 6.42 Å². The maximum atomic E-state index is 3.74. The molecule has 1 aromatic carbocycles. The van der Waals surface area contributed by atoms with Crippen molar-refractivity contribution in [3.05, 3.63) is 29.8 Å². The number of aryl methyl sites for hydroxylation is 1. The predicted octanol–water partition coefficient (Wildman–Crippen LogP) is 4.00. The minimum Gasteiger partial charge on any atom is -0.371 e. The molecule has 1 heterocycles. The van der Waals surface area contributed by atoms with Crippen molar-refractivity contribution < 1.29 is 0 Å². The summed E-state index contributed by atoms with van der Waals surface area (Å²) in [5.74, 6) is 0.824. The maximum Gasteiger partial charge on any atom is 0.0398 e. The number of fused-ring (bicyclic) bond motifs is 1. The second-order valence-corrected chi connectivity index (χ2v) is 6.74. The molecule has 0 amide bonds. The minimum absolute atomic E-state index is 0.735. The highest BCUT2D eigenvalue weighted by Crippen LogP contribution is 2.30. The first-order valence-electron chi connectivity index (χ1n) is 8.94. The molecule has 2 heteroatoms. The molecular weight excluding hydrogens is 256 g/mol. The number of hydrogen-bond acceptors (Lipinski definition) is 2. The van der Waals surface area contributed by atoms with Crippen LogP contribution in [0.25, 0.3) is 0 Å². The zero-order valence-corrected chi connectivity index (χ0v) is 13.5. The third kappa shape index (κ3) is 3.60. The highest BCUT2D eigenvalue weighted by molar-refractivity contribution is 5.54. The lowest BCUT2D eigenvalue weighted by atomic mass is 9.84. The van der Waals surface area contributed by atoms with Gasteiger partial charge in [0.25, 0.3) is 0 Å². The van der Waals surface area contributed by atoms with E-state index in [-0.39, 0.29) is 0 Å². The van der Waals surface area contributed by atoms with Gasteiger partial charge in [0.2, 0.25) is 0 Å². The molecule has 0 bridgehead atoms. The Morgan fingerprint density at radius 2 is 1.95 bits per heavy atom. The maximum absolute atomic E-state index is 3.74. The summed E-state index contributed by atoms with van der Waals surface area (Å²) in [6.45, 7) is 5.84. The van der Waals surface area contributed by atoms with Gasteiger partial charge in [-0.25, -0.2) is 0 Å². The van der Waals surface area contributed by atoms with E-state index in [0.29, 0.717) is 0 Å². The van der Waals surface area contributed by atoms with Crippen LogP contribution < -0.4 is 10.2 Å². The van der Waals surface area contributed by atoms with E-state index in [1.54, 1.807) is 5.56 Å². The summed E-state index contributed by atoms with van der Waals surface area (Å²) in [5, 5.41) is 3.74. The minimum atomic E-state index is 0.735. The predicted molar refractivity (Wildman–Crippen MR) is 91.0 cm³/mol. The largest absolute Gasteiger partial charge is 0.371 e. The van der Waals surface area contributed by atoms with Crippen LogP contribution in [0.1, 0.15) is 51.0 Å². The molecule has 2 nitrogen and oxygen atoms in total. The average molecular weight is 286 g/mol. The highest BCUT2D eigenvalue weighted by Gasteiger charge is 2.27. The molecule has 1 aliphatic carbocycles. The van der Waals surface area contributed by atoms with E-state index in [4.69, 9.17) is 0 Å². The first kappa shape index (κ1) is 14.9. The molecule has 0 saturated heterocycles. The molecule has 1 N–H and O–H groups in total. The van der Waals surface area contributed by atoms with Gasteiger partial charge in [0, 0.05) is 24.8 Å². The van der Waals surface area contributed by atoms with Gasteiger partial charge in [-0.3, -0.25) is 0 Å². The van der Waals surface area contributed by atoms with Crippen molar-refractivity contribution in [3.8, 4) is 0 Å². The molecule has 0 aromatic heterocycles. The van der Waals surface area contributed by atoms with Crippen molar-refractivity contribution in [3.63, 3.8) is 0 Å². The zero-order chi connectivity index (χ0) is 14.5. The number of nitrogens with one attached hydrogen (secondary N) is 1. The third-order valence-corrected chi connectivity index (χ3v) is 5.29. The molecule has 2 unspecified atom stereocenters. The fourth-order valence-electron chi connectivity index (χ4n) is 4.20. The molecule has 3 rings (SSSR count). The van der Waals surface area contributed by atoms with Crippen molar-refractivity contribution in [2.45, 2.75) is 57.9 Å². The molecule has 1 fully saturated rings. The van der Waals surface area contributed by atoms with Crippen molar-refractivity contribution in [2.75, 3.05) is 24.5 Å². The molecule has 116 valence electrons. The molecular formula is C19H30N2. The van der Waals surface area contributed by atoms with Crippen molar-refractivity contribution in [2.24, 2.45) is 5.92 Å². The summed E-state index contributed by atoms with van der Waals surface area (Å²) in [6, 6.07) is 9.81. The van der Waals surface area contributed by atoms with E-state index in [1.807, 2.05) is 0 Å². The van der Waals surface area contributed by atoms with E-state index in [0.717, 1.165) is 18.5 Å². The number of para-hydroxylation sites is 1. The number of rotatable bonds is 4. The van der Waals surface area contributed by atoms with Crippen molar-refractivity contribution in [1.82, 2.24) is 5.32 Å². The van der Waals surface area contributed by atoms with Gasteiger partial charge in [-0.1, -0.05) is 38.0 Å². The van der Waals surface area contributed by atoms with Gasteiger partial charge in [-0.05, 0) is 56.2 Å². The highest BCUT2D eigenvalue weighted by atomic mass is 15.1. The molecule has 1 saturated carbocycles. The summed E-state index contributed by atoms with van der Waals surface area (Å²) in [4.78, 5) is 2.68. The summed E-state index contributed by atoms with van der Waals surface area (Å²) in [7, 11) is 0. The quantitative estimate of drug-likeness (QED) is 0.900. The summed E-state index contributed by atoms with van der Waals surface area (Å²) in [5.41, 5.74) is 3.07. The van der Waals surface area contributed by atoms with Crippen LogP contribution in [0.2, 0.25) is 0 Å². The lowest BCUT2D eigenvalue weighted by molar-refractivity contribution is 0.267. The Morgan fingerprint density at radius 3 is 2.86 bits per heavy atom. The molecule has 2 atom stereocenters. The van der Waals surface area contributed by atoms with Gasteiger partial charge < -0.3 is 10.2 Å². The molecule has 2 aliphatic rings. The van der Waals surface area contributed by atoms with Crippen molar-refractivity contribution in [1.29, 1.82) is 0 Å². The average Bonchev–Trinajstić information content (AvgIpc) is 2.72. The fraction of sp³-hybridized carbons (Fsp3) is 0.684. The molecule has 0 radical (unpaired) electrons. The van der Waals surface area contributed by atoms with Crippen LogP contribution >= 0.6 is 0 Å². The van der Waals surface area contributed by atoms with Crippen LogP contribution in [0.3, 0.4) is 0 Å². The van der Waals surface area contributed by atoms with Gasteiger partial charge in [-0.15, -0.1) is 0 Å². The number of benzene rings is 1. The van der Waals surface area contributed by atoms with Crippen LogP contribution in [-0.4, -0.2) is 25.7 Å². The van der Waals surface area contributed by atoms with Gasteiger partial charge in [-0.2, -0.15) is 0 Å². The summed E-state index contributed by atoms with van der Waals surface area (Å²) in [6.07, 6.45) is 9.53. The van der Waals surface area contributed by atoms with Gasteiger partial charge >= 0.3 is 0 Å². The molecule has 1 aromatic rings. The Bertz CT molecular complexity index is 441. The lowest BCUT2D eigenvalue weighted by Crippen LogP contribution is -2.44. The Hall–Kier alpha value is -1.02. The Balaban J connectivity index is 1.73. The zero-order valence-electron chi connectivity index (χ0n) is 13.5. The summed E-state index contributed by atoms with van der Waals surface area (Å²) >= 11 is 0. The van der Waals surface area contributed by atoms with Gasteiger partial charge in [0.05, 0.1) is 0 Å². The van der Waals surface area contributed by atoms with Crippen LogP contribution in [0, 0.1) is 5.92 Å². The number of nitrogens with zero attached hydrogens (tertiary/aromatic N) is 1. The lowest BCUT2D eigenvalue weighted by Gasteiger charge is -2.37. The number of anilines is 1. The normalized spacial score (nSPS) is 26.2. The Kier molecular flexibility index (Phi) is 5.18. The van der Waals surface area contributed by atoms with E-state index in [9.17, 15) is 0 Å². The molecule has 0 spiro atoms. The van der Waals surface area contributed by atoms with Crippen molar-refractivity contribution >= 4 is 5.69 Å². The van der Waals surface area contributed by atoms with E-state index >= 15 is 0 Å². The molecule has 21 heavy (non-hydrogen) atoms. The Morgan fingerprint density at radius 1 is 1.10 bits per heavy atom. The smallest absolute Gasteiger partial charge is 0.0398 e. The summed E-state index contributed by atoms with van der Waals surface area (Å²) < 4.78 is 0. The monoisotopic (exact) mass is 286 g/mol. The van der Waals surface area contributed by atoms with Crippen LogP contribution in [0.5, 0.6) is 0 Å². The third-order valence-electron chi connectivity index (χ3n) is 5.29. The number of hydrogen-bond donors (Lipinski definition) is 1. The standard InChI is InChI=1S/C19H30N2/c1-2-20-18-12-5-3-11-17(18)15-21-14-8-7-10-16-9-4-6-13-19(16)21/h4,6,9,13,17-18,20H,2-3,5,7-8,10-12,14-15H2,1H3. The van der Waals surface area contributed by atoms with Crippen LogP contribution in [0.4, 0.5) is 5.69 Å². The SMILES string of the molecule is CCNC1CCCCC1CN1CCCCc2ccccc21. The topological polar surface area (TPSA) is 15.3 Å². The fourth-order valence-corrected chi connectivity index (χ4v) is 4.20. The van der Waals surface area contributed by atoms with Gasteiger partial charge in [0.1, 0.15) is 0 Å². The van der Waals surface area contributed by atoms with E-state index in [2.05, 4.69) is 41.4 Å². The first-order chi connectivity index (χ1) is 10.4. The first-order valence-corrected chi connectivity index (χ1v) is 8.94. The van der Waals surface area contributed by atoms with Crippen LogP contribution in [0.15, 0.2) is 24.3 Å².